The number of benzene rings is 2. The van der Waals surface area contributed by atoms with E-state index < -0.39 is 5.97 Å². The van der Waals surface area contributed by atoms with Crippen molar-refractivity contribution in [2.75, 3.05) is 0 Å². The summed E-state index contributed by atoms with van der Waals surface area (Å²) in [5.41, 5.74) is 1.43. The molecule has 4 rings (SSSR count). The van der Waals surface area contributed by atoms with Gasteiger partial charge < -0.3 is 4.74 Å². The lowest BCUT2D eigenvalue weighted by atomic mass is 9.64. The van der Waals surface area contributed by atoms with Crippen LogP contribution in [0.3, 0.4) is 0 Å². The van der Waals surface area contributed by atoms with Crippen molar-refractivity contribution in [2.24, 2.45) is 17.8 Å². The van der Waals surface area contributed by atoms with E-state index in [1.165, 1.54) is 31.7 Å². The first kappa shape index (κ1) is 19.6. The SMILES string of the molecule is CC1CCC2CC(c3ccc(C(=O)Oc4ccc(C#N)cc4)cc3F)CCC2C1. The number of fused-ring (bicyclic) bond motifs is 1. The second kappa shape index (κ2) is 8.37. The van der Waals surface area contributed by atoms with Crippen LogP contribution >= 0.6 is 0 Å². The molecule has 150 valence electrons. The van der Waals surface area contributed by atoms with E-state index in [4.69, 9.17) is 10.00 Å². The zero-order chi connectivity index (χ0) is 20.4. The van der Waals surface area contributed by atoms with Crippen LogP contribution in [0.1, 0.15) is 72.9 Å². The number of carbonyl (C=O) groups excluding carboxylic acids is 1. The molecule has 2 aromatic carbocycles. The van der Waals surface area contributed by atoms with E-state index >= 15 is 0 Å². The van der Waals surface area contributed by atoms with Crippen LogP contribution in [0.2, 0.25) is 0 Å². The number of halogens is 1. The van der Waals surface area contributed by atoms with E-state index in [0.29, 0.717) is 17.2 Å². The third-order valence-electron chi connectivity index (χ3n) is 6.75. The fourth-order valence-electron chi connectivity index (χ4n) is 5.15. The average molecular weight is 391 g/mol. The summed E-state index contributed by atoms with van der Waals surface area (Å²) in [6, 6.07) is 13.0. The minimum Gasteiger partial charge on any atom is -0.423 e. The fourth-order valence-corrected chi connectivity index (χ4v) is 5.15. The zero-order valence-corrected chi connectivity index (χ0v) is 16.7. The van der Waals surface area contributed by atoms with Crippen molar-refractivity contribution >= 4 is 5.97 Å². The van der Waals surface area contributed by atoms with Gasteiger partial charge in [-0.15, -0.1) is 0 Å². The maximum absolute atomic E-state index is 14.9. The molecule has 2 aliphatic carbocycles. The van der Waals surface area contributed by atoms with Gasteiger partial charge in [-0.1, -0.05) is 19.4 Å². The summed E-state index contributed by atoms with van der Waals surface area (Å²) in [5.74, 6) is 2.02. The maximum atomic E-state index is 14.9. The summed E-state index contributed by atoms with van der Waals surface area (Å²) in [7, 11) is 0. The molecule has 0 spiro atoms. The van der Waals surface area contributed by atoms with Gasteiger partial charge in [-0.3, -0.25) is 0 Å². The molecular formula is C25H26FNO2. The van der Waals surface area contributed by atoms with Crippen LogP contribution < -0.4 is 4.74 Å². The van der Waals surface area contributed by atoms with Crippen molar-refractivity contribution in [3.63, 3.8) is 0 Å². The Balaban J connectivity index is 1.43. The Hall–Kier alpha value is -2.67. The maximum Gasteiger partial charge on any atom is 0.343 e. The molecular weight excluding hydrogens is 365 g/mol. The predicted molar refractivity (Wildman–Crippen MR) is 109 cm³/mol. The van der Waals surface area contributed by atoms with Gasteiger partial charge in [-0.2, -0.15) is 5.26 Å². The van der Waals surface area contributed by atoms with Crippen molar-refractivity contribution in [1.29, 1.82) is 5.26 Å². The summed E-state index contributed by atoms with van der Waals surface area (Å²) in [6.07, 6.45) is 7.14. The van der Waals surface area contributed by atoms with Crippen LogP contribution in [0.25, 0.3) is 0 Å². The van der Waals surface area contributed by atoms with Gasteiger partial charge in [0.25, 0.3) is 0 Å². The molecule has 4 unspecified atom stereocenters. The number of rotatable bonds is 3. The molecule has 0 radical (unpaired) electrons. The molecule has 3 nitrogen and oxygen atoms in total. The van der Waals surface area contributed by atoms with Gasteiger partial charge in [0.15, 0.2) is 0 Å². The molecule has 0 aromatic heterocycles. The first-order valence-corrected chi connectivity index (χ1v) is 10.5. The standard InChI is InChI=1S/C25H26FNO2/c1-16-2-5-19-13-20(7-6-18(19)12-16)23-11-8-21(14-24(23)26)25(28)29-22-9-3-17(15-27)4-10-22/h3-4,8-11,14,16,18-20H,2,5-7,12-13H2,1H3. The fraction of sp³-hybridized carbons (Fsp3) is 0.440. The highest BCUT2D eigenvalue weighted by atomic mass is 19.1. The summed E-state index contributed by atoms with van der Waals surface area (Å²) in [5, 5.41) is 8.83. The highest BCUT2D eigenvalue weighted by Crippen LogP contribution is 2.47. The smallest absolute Gasteiger partial charge is 0.343 e. The number of hydrogen-bond acceptors (Lipinski definition) is 3. The van der Waals surface area contributed by atoms with Crippen molar-refractivity contribution in [3.8, 4) is 11.8 Å². The highest BCUT2D eigenvalue weighted by molar-refractivity contribution is 5.91. The van der Waals surface area contributed by atoms with Crippen LogP contribution in [0.5, 0.6) is 5.75 Å². The van der Waals surface area contributed by atoms with Crippen LogP contribution in [0.15, 0.2) is 42.5 Å². The number of hydrogen-bond donors (Lipinski definition) is 0. The molecule has 4 atom stereocenters. The van der Waals surface area contributed by atoms with Crippen LogP contribution in [0.4, 0.5) is 4.39 Å². The van der Waals surface area contributed by atoms with Gasteiger partial charge in [0, 0.05) is 0 Å². The Morgan fingerprint density at radius 1 is 1.03 bits per heavy atom. The summed E-state index contributed by atoms with van der Waals surface area (Å²) in [4.78, 5) is 12.4. The molecule has 0 N–H and O–H groups in total. The van der Waals surface area contributed by atoms with Crippen molar-refractivity contribution in [2.45, 2.75) is 51.4 Å². The molecule has 0 bridgehead atoms. The van der Waals surface area contributed by atoms with E-state index in [1.54, 1.807) is 36.4 Å². The van der Waals surface area contributed by atoms with Crippen LogP contribution in [-0.4, -0.2) is 5.97 Å². The van der Waals surface area contributed by atoms with Crippen molar-refractivity contribution < 1.29 is 13.9 Å². The Labute approximate surface area is 171 Å². The van der Waals surface area contributed by atoms with Gasteiger partial charge in [-0.05, 0) is 97.7 Å². The third kappa shape index (κ3) is 4.34. The monoisotopic (exact) mass is 391 g/mol. The lowest BCUT2D eigenvalue weighted by molar-refractivity contribution is 0.0734. The number of esters is 1. The molecule has 2 saturated carbocycles. The van der Waals surface area contributed by atoms with Gasteiger partial charge in [0.05, 0.1) is 17.2 Å². The topological polar surface area (TPSA) is 50.1 Å². The summed E-state index contributed by atoms with van der Waals surface area (Å²) in [6.45, 7) is 2.34. The van der Waals surface area contributed by atoms with Gasteiger partial charge >= 0.3 is 5.97 Å². The summed E-state index contributed by atoms with van der Waals surface area (Å²) >= 11 is 0. The van der Waals surface area contributed by atoms with Gasteiger partial charge in [0.2, 0.25) is 0 Å². The molecule has 0 aliphatic heterocycles. The Bertz CT molecular complexity index is 931. The van der Waals surface area contributed by atoms with E-state index in [0.717, 1.165) is 30.2 Å². The minimum absolute atomic E-state index is 0.204. The second-order valence-corrected chi connectivity index (χ2v) is 8.71. The quantitative estimate of drug-likeness (QED) is 0.460. The lowest BCUT2D eigenvalue weighted by Gasteiger charge is -2.41. The largest absolute Gasteiger partial charge is 0.423 e. The van der Waals surface area contributed by atoms with E-state index in [-0.39, 0.29) is 17.3 Å². The molecule has 2 aromatic rings. The molecule has 29 heavy (non-hydrogen) atoms. The lowest BCUT2D eigenvalue weighted by Crippen LogP contribution is -2.30. The van der Waals surface area contributed by atoms with E-state index in [2.05, 4.69) is 6.92 Å². The van der Waals surface area contributed by atoms with Crippen LogP contribution in [-0.2, 0) is 0 Å². The zero-order valence-electron chi connectivity index (χ0n) is 16.7. The summed E-state index contributed by atoms with van der Waals surface area (Å²) < 4.78 is 20.2. The molecule has 0 saturated heterocycles. The predicted octanol–water partition coefficient (Wildman–Crippen LogP) is 6.24. The molecule has 4 heteroatoms. The van der Waals surface area contributed by atoms with Crippen LogP contribution in [0, 0.1) is 34.9 Å². The first-order chi connectivity index (χ1) is 14.0. The van der Waals surface area contributed by atoms with Crippen molar-refractivity contribution in [1.82, 2.24) is 0 Å². The normalized spacial score (nSPS) is 26.2. The van der Waals surface area contributed by atoms with Gasteiger partial charge in [-0.25, -0.2) is 9.18 Å². The van der Waals surface area contributed by atoms with E-state index in [9.17, 15) is 9.18 Å². The number of nitriles is 1. The highest BCUT2D eigenvalue weighted by Gasteiger charge is 2.35. The number of ether oxygens (including phenoxy) is 1. The molecule has 2 fully saturated rings. The van der Waals surface area contributed by atoms with E-state index in [1.807, 2.05) is 6.07 Å². The Kier molecular flexibility index (Phi) is 5.67. The van der Waals surface area contributed by atoms with Crippen molar-refractivity contribution in [3.05, 3.63) is 65.0 Å². The molecule has 0 amide bonds. The first-order valence-electron chi connectivity index (χ1n) is 10.5. The molecule has 0 heterocycles. The average Bonchev–Trinajstić information content (AvgIpc) is 2.74. The number of carbonyl (C=O) groups is 1. The van der Waals surface area contributed by atoms with Gasteiger partial charge in [0.1, 0.15) is 11.6 Å². The molecule has 2 aliphatic rings. The Morgan fingerprint density at radius 3 is 2.48 bits per heavy atom. The second-order valence-electron chi connectivity index (χ2n) is 8.71. The third-order valence-corrected chi connectivity index (χ3v) is 6.75. The minimum atomic E-state index is -0.592. The Morgan fingerprint density at radius 2 is 1.76 bits per heavy atom. The number of nitrogens with zero attached hydrogens (tertiary/aromatic N) is 1.